The van der Waals surface area contributed by atoms with E-state index < -0.39 is 0 Å². The van der Waals surface area contributed by atoms with Crippen molar-refractivity contribution in [2.24, 2.45) is 5.73 Å². The minimum absolute atomic E-state index is 0.0682. The molecule has 19 heavy (non-hydrogen) atoms. The topological polar surface area (TPSA) is 48.4 Å². The first-order valence-electron chi connectivity index (χ1n) is 6.39. The van der Waals surface area contributed by atoms with Gasteiger partial charge in [0.05, 0.1) is 12.9 Å². The molecule has 0 bridgehead atoms. The second-order valence-corrected chi connectivity index (χ2v) is 5.81. The normalized spacial score (nSPS) is 15.1. The SMILES string of the molecule is Cc1occc1C(N)Cc1cc(Br)cc2c1OCC2. The van der Waals surface area contributed by atoms with Crippen molar-refractivity contribution in [3.8, 4) is 5.75 Å². The summed E-state index contributed by atoms with van der Waals surface area (Å²) in [6.07, 6.45) is 3.41. The summed E-state index contributed by atoms with van der Waals surface area (Å²) in [5.41, 5.74) is 9.77. The number of hydrogen-bond donors (Lipinski definition) is 1. The largest absolute Gasteiger partial charge is 0.493 e. The Bertz CT molecular complexity index is 606. The van der Waals surface area contributed by atoms with Gasteiger partial charge in [-0.1, -0.05) is 15.9 Å². The van der Waals surface area contributed by atoms with Crippen LogP contribution in [0.2, 0.25) is 0 Å². The quantitative estimate of drug-likeness (QED) is 0.940. The van der Waals surface area contributed by atoms with Crippen molar-refractivity contribution in [2.45, 2.75) is 25.8 Å². The summed E-state index contributed by atoms with van der Waals surface area (Å²) in [7, 11) is 0. The van der Waals surface area contributed by atoms with Crippen LogP contribution in [-0.4, -0.2) is 6.61 Å². The van der Waals surface area contributed by atoms with Crippen LogP contribution < -0.4 is 10.5 Å². The van der Waals surface area contributed by atoms with E-state index in [1.165, 1.54) is 5.56 Å². The maximum atomic E-state index is 6.29. The Morgan fingerprint density at radius 1 is 1.42 bits per heavy atom. The van der Waals surface area contributed by atoms with E-state index in [-0.39, 0.29) is 6.04 Å². The molecule has 3 rings (SSSR count). The van der Waals surface area contributed by atoms with Crippen LogP contribution in [0.3, 0.4) is 0 Å². The number of aryl methyl sites for hydroxylation is 1. The van der Waals surface area contributed by atoms with Crippen LogP contribution in [0.1, 0.15) is 28.5 Å². The Balaban J connectivity index is 1.90. The zero-order valence-corrected chi connectivity index (χ0v) is 12.4. The second-order valence-electron chi connectivity index (χ2n) is 4.89. The first-order valence-corrected chi connectivity index (χ1v) is 7.18. The summed E-state index contributed by atoms with van der Waals surface area (Å²) in [6.45, 7) is 2.70. The monoisotopic (exact) mass is 321 g/mol. The van der Waals surface area contributed by atoms with Crippen LogP contribution in [0.4, 0.5) is 0 Å². The summed E-state index contributed by atoms with van der Waals surface area (Å²) >= 11 is 3.55. The fraction of sp³-hybridized carbons (Fsp3) is 0.333. The highest BCUT2D eigenvalue weighted by molar-refractivity contribution is 9.10. The predicted molar refractivity (Wildman–Crippen MR) is 77.4 cm³/mol. The van der Waals surface area contributed by atoms with Gasteiger partial charge in [0.2, 0.25) is 0 Å². The lowest BCUT2D eigenvalue weighted by Gasteiger charge is -2.14. The van der Waals surface area contributed by atoms with E-state index in [0.29, 0.717) is 0 Å². The molecule has 4 heteroatoms. The summed E-state index contributed by atoms with van der Waals surface area (Å²) in [5.74, 6) is 1.90. The van der Waals surface area contributed by atoms with Crippen LogP contribution in [0, 0.1) is 6.92 Å². The molecule has 0 saturated heterocycles. The Morgan fingerprint density at radius 3 is 3.00 bits per heavy atom. The van der Waals surface area contributed by atoms with Crippen LogP contribution in [0.25, 0.3) is 0 Å². The fourth-order valence-electron chi connectivity index (χ4n) is 2.62. The van der Waals surface area contributed by atoms with Gasteiger partial charge in [-0.05, 0) is 42.7 Å². The summed E-state index contributed by atoms with van der Waals surface area (Å²) < 4.78 is 12.1. The van der Waals surface area contributed by atoms with Gasteiger partial charge in [-0.3, -0.25) is 0 Å². The maximum Gasteiger partial charge on any atom is 0.125 e. The molecule has 1 aromatic carbocycles. The Labute approximate surface area is 120 Å². The lowest BCUT2D eigenvalue weighted by atomic mass is 9.98. The third-order valence-corrected chi connectivity index (χ3v) is 4.02. The molecular formula is C15H16BrNO2. The number of furan rings is 1. The minimum atomic E-state index is -0.0682. The molecule has 0 amide bonds. The third-order valence-electron chi connectivity index (χ3n) is 3.56. The average molecular weight is 322 g/mol. The average Bonchev–Trinajstić information content (AvgIpc) is 2.97. The van der Waals surface area contributed by atoms with Crippen molar-refractivity contribution in [3.63, 3.8) is 0 Å². The molecule has 1 unspecified atom stereocenters. The molecule has 0 spiro atoms. The summed E-state index contributed by atoms with van der Waals surface area (Å²) in [4.78, 5) is 0. The Hall–Kier alpha value is -1.26. The number of rotatable bonds is 3. The van der Waals surface area contributed by atoms with Crippen molar-refractivity contribution in [3.05, 3.63) is 51.4 Å². The first-order chi connectivity index (χ1) is 9.15. The lowest BCUT2D eigenvalue weighted by molar-refractivity contribution is 0.352. The fourth-order valence-corrected chi connectivity index (χ4v) is 3.18. The van der Waals surface area contributed by atoms with Gasteiger partial charge in [-0.15, -0.1) is 0 Å². The highest BCUT2D eigenvalue weighted by Crippen LogP contribution is 2.35. The maximum absolute atomic E-state index is 6.29. The minimum Gasteiger partial charge on any atom is -0.493 e. The van der Waals surface area contributed by atoms with E-state index in [2.05, 4.69) is 28.1 Å². The molecule has 100 valence electrons. The van der Waals surface area contributed by atoms with Crippen LogP contribution >= 0.6 is 15.9 Å². The van der Waals surface area contributed by atoms with Gasteiger partial charge in [0, 0.05) is 22.5 Å². The van der Waals surface area contributed by atoms with E-state index in [1.807, 2.05) is 13.0 Å². The van der Waals surface area contributed by atoms with Crippen molar-refractivity contribution >= 4 is 15.9 Å². The molecule has 0 aliphatic carbocycles. The molecule has 0 saturated carbocycles. The molecular weight excluding hydrogens is 306 g/mol. The molecule has 1 atom stereocenters. The van der Waals surface area contributed by atoms with Gasteiger partial charge in [-0.25, -0.2) is 0 Å². The van der Waals surface area contributed by atoms with Gasteiger partial charge in [0.25, 0.3) is 0 Å². The highest BCUT2D eigenvalue weighted by atomic mass is 79.9. The number of hydrogen-bond acceptors (Lipinski definition) is 3. The predicted octanol–water partition coefficient (Wildman–Crippen LogP) is 3.53. The van der Waals surface area contributed by atoms with Gasteiger partial charge in [0.15, 0.2) is 0 Å². The molecule has 1 aliphatic heterocycles. The lowest BCUT2D eigenvalue weighted by Crippen LogP contribution is -2.14. The molecule has 1 aromatic heterocycles. The smallest absolute Gasteiger partial charge is 0.125 e. The molecule has 2 heterocycles. The standard InChI is InChI=1S/C15H16BrNO2/c1-9-13(3-5-18-9)14(17)8-11-7-12(16)6-10-2-4-19-15(10)11/h3,5-7,14H,2,4,8,17H2,1H3. The molecule has 0 radical (unpaired) electrons. The molecule has 1 aliphatic rings. The molecule has 3 nitrogen and oxygen atoms in total. The van der Waals surface area contributed by atoms with E-state index in [9.17, 15) is 0 Å². The van der Waals surface area contributed by atoms with Crippen LogP contribution in [-0.2, 0) is 12.8 Å². The first kappa shape index (κ1) is 12.8. The van der Waals surface area contributed by atoms with E-state index in [4.69, 9.17) is 14.9 Å². The van der Waals surface area contributed by atoms with Gasteiger partial charge < -0.3 is 14.9 Å². The number of fused-ring (bicyclic) bond motifs is 1. The summed E-state index contributed by atoms with van der Waals surface area (Å²) in [6, 6.07) is 6.10. The number of halogens is 1. The number of benzene rings is 1. The summed E-state index contributed by atoms with van der Waals surface area (Å²) in [5, 5.41) is 0. The van der Waals surface area contributed by atoms with Crippen LogP contribution in [0.5, 0.6) is 5.75 Å². The van der Waals surface area contributed by atoms with E-state index >= 15 is 0 Å². The van der Waals surface area contributed by atoms with Crippen molar-refractivity contribution in [2.75, 3.05) is 6.61 Å². The third kappa shape index (κ3) is 2.42. The van der Waals surface area contributed by atoms with Gasteiger partial charge in [0.1, 0.15) is 11.5 Å². The van der Waals surface area contributed by atoms with Crippen molar-refractivity contribution < 1.29 is 9.15 Å². The van der Waals surface area contributed by atoms with Crippen molar-refractivity contribution in [1.82, 2.24) is 0 Å². The molecule has 0 fully saturated rings. The second kappa shape index (κ2) is 5.02. The van der Waals surface area contributed by atoms with Crippen molar-refractivity contribution in [1.29, 1.82) is 0 Å². The number of nitrogens with two attached hydrogens (primary N) is 1. The van der Waals surface area contributed by atoms with E-state index in [0.717, 1.165) is 46.6 Å². The van der Waals surface area contributed by atoms with Gasteiger partial charge in [-0.2, -0.15) is 0 Å². The Morgan fingerprint density at radius 2 is 2.26 bits per heavy atom. The van der Waals surface area contributed by atoms with E-state index in [1.54, 1.807) is 6.26 Å². The highest BCUT2D eigenvalue weighted by Gasteiger charge is 2.20. The number of ether oxygens (including phenoxy) is 1. The van der Waals surface area contributed by atoms with Gasteiger partial charge >= 0.3 is 0 Å². The zero-order valence-electron chi connectivity index (χ0n) is 10.8. The Kier molecular flexibility index (Phi) is 3.37. The molecule has 2 aromatic rings. The molecule has 2 N–H and O–H groups in total. The van der Waals surface area contributed by atoms with Crippen LogP contribution in [0.15, 0.2) is 33.4 Å². The zero-order chi connectivity index (χ0) is 13.4.